The average molecular weight is 223 g/mol. The van der Waals surface area contributed by atoms with Crippen molar-refractivity contribution in [3.8, 4) is 0 Å². The van der Waals surface area contributed by atoms with Crippen molar-refractivity contribution in [3.63, 3.8) is 0 Å². The van der Waals surface area contributed by atoms with Gasteiger partial charge in [-0.05, 0) is 18.8 Å². The summed E-state index contributed by atoms with van der Waals surface area (Å²) in [5.74, 6) is 1.73. The highest BCUT2D eigenvalue weighted by Gasteiger charge is 2.17. The second-order valence-electron chi connectivity index (χ2n) is 4.89. The van der Waals surface area contributed by atoms with Crippen molar-refractivity contribution in [1.82, 2.24) is 14.8 Å². The Morgan fingerprint density at radius 3 is 2.88 bits per heavy atom. The van der Waals surface area contributed by atoms with E-state index in [2.05, 4.69) is 10.1 Å². The molecule has 1 aromatic heterocycles. The van der Waals surface area contributed by atoms with Gasteiger partial charge in [0.1, 0.15) is 12.2 Å². The lowest BCUT2D eigenvalue weighted by Gasteiger charge is -2.13. The van der Waals surface area contributed by atoms with Crippen LogP contribution in [0.5, 0.6) is 0 Å². The number of hydrogen-bond donors (Lipinski definition) is 1. The SMILES string of the molecule is Cn1ncnc1CC(O)CCC1CCCC1. The summed E-state index contributed by atoms with van der Waals surface area (Å²) in [6.07, 6.45) is 9.45. The Bertz CT molecular complexity index is 318. The van der Waals surface area contributed by atoms with Crippen LogP contribution >= 0.6 is 0 Å². The molecular formula is C12H21N3O. The van der Waals surface area contributed by atoms with E-state index in [1.54, 1.807) is 11.0 Å². The number of rotatable bonds is 5. The predicted molar refractivity (Wildman–Crippen MR) is 61.9 cm³/mol. The van der Waals surface area contributed by atoms with Crippen LogP contribution in [-0.2, 0) is 13.5 Å². The molecule has 1 N–H and O–H groups in total. The molecule has 2 rings (SSSR count). The number of aromatic nitrogens is 3. The van der Waals surface area contributed by atoms with Crippen LogP contribution in [0, 0.1) is 5.92 Å². The Labute approximate surface area is 96.7 Å². The topological polar surface area (TPSA) is 50.9 Å². The molecule has 0 saturated heterocycles. The molecule has 1 fully saturated rings. The average Bonchev–Trinajstić information content (AvgIpc) is 2.88. The van der Waals surface area contributed by atoms with E-state index in [0.29, 0.717) is 6.42 Å². The maximum atomic E-state index is 9.92. The predicted octanol–water partition coefficient (Wildman–Crippen LogP) is 1.69. The summed E-state index contributed by atoms with van der Waals surface area (Å²) in [4.78, 5) is 4.13. The number of aliphatic hydroxyl groups is 1. The van der Waals surface area contributed by atoms with Crippen LogP contribution in [0.1, 0.15) is 44.3 Å². The van der Waals surface area contributed by atoms with Crippen molar-refractivity contribution in [2.24, 2.45) is 13.0 Å². The van der Waals surface area contributed by atoms with Crippen molar-refractivity contribution in [1.29, 1.82) is 0 Å². The fourth-order valence-corrected chi connectivity index (χ4v) is 2.54. The molecule has 0 aromatic carbocycles. The molecule has 0 radical (unpaired) electrons. The normalized spacial score (nSPS) is 19.1. The second-order valence-corrected chi connectivity index (χ2v) is 4.89. The Balaban J connectivity index is 1.71. The molecule has 16 heavy (non-hydrogen) atoms. The summed E-state index contributed by atoms with van der Waals surface area (Å²) >= 11 is 0. The molecule has 0 aliphatic heterocycles. The molecule has 1 aromatic rings. The number of aliphatic hydroxyl groups excluding tert-OH is 1. The van der Waals surface area contributed by atoms with E-state index in [1.165, 1.54) is 32.1 Å². The van der Waals surface area contributed by atoms with Gasteiger partial charge in [-0.1, -0.05) is 25.7 Å². The molecule has 0 spiro atoms. The summed E-state index contributed by atoms with van der Waals surface area (Å²) in [6.45, 7) is 0. The third kappa shape index (κ3) is 3.04. The van der Waals surface area contributed by atoms with Crippen LogP contribution in [0.2, 0.25) is 0 Å². The first-order valence-electron chi connectivity index (χ1n) is 6.26. The molecule has 1 aliphatic carbocycles. The van der Waals surface area contributed by atoms with Crippen LogP contribution in [-0.4, -0.2) is 26.0 Å². The first kappa shape index (κ1) is 11.6. The maximum absolute atomic E-state index is 9.92. The van der Waals surface area contributed by atoms with E-state index in [4.69, 9.17) is 0 Å². The molecule has 90 valence electrons. The molecule has 0 bridgehead atoms. The van der Waals surface area contributed by atoms with Gasteiger partial charge in [0.15, 0.2) is 0 Å². The largest absolute Gasteiger partial charge is 0.393 e. The van der Waals surface area contributed by atoms with Crippen LogP contribution in [0.25, 0.3) is 0 Å². The summed E-state index contributed by atoms with van der Waals surface area (Å²) < 4.78 is 1.73. The summed E-state index contributed by atoms with van der Waals surface area (Å²) in [7, 11) is 1.87. The Hall–Kier alpha value is -0.900. The molecule has 1 aliphatic rings. The highest BCUT2D eigenvalue weighted by atomic mass is 16.3. The van der Waals surface area contributed by atoms with Crippen molar-refractivity contribution < 1.29 is 5.11 Å². The molecular weight excluding hydrogens is 202 g/mol. The monoisotopic (exact) mass is 223 g/mol. The zero-order valence-corrected chi connectivity index (χ0v) is 9.97. The van der Waals surface area contributed by atoms with E-state index < -0.39 is 0 Å². The first-order valence-corrected chi connectivity index (χ1v) is 6.26. The number of hydrogen-bond acceptors (Lipinski definition) is 3. The third-order valence-corrected chi connectivity index (χ3v) is 3.61. The zero-order chi connectivity index (χ0) is 11.4. The number of nitrogens with zero attached hydrogens (tertiary/aromatic N) is 3. The lowest BCUT2D eigenvalue weighted by molar-refractivity contribution is 0.151. The molecule has 1 unspecified atom stereocenters. The van der Waals surface area contributed by atoms with Crippen LogP contribution in [0.4, 0.5) is 0 Å². The molecule has 1 heterocycles. The van der Waals surface area contributed by atoms with Gasteiger partial charge in [0.2, 0.25) is 0 Å². The minimum absolute atomic E-state index is 0.261. The summed E-state index contributed by atoms with van der Waals surface area (Å²) in [5, 5.41) is 13.9. The zero-order valence-electron chi connectivity index (χ0n) is 9.97. The maximum Gasteiger partial charge on any atom is 0.138 e. The number of aryl methyl sites for hydroxylation is 1. The van der Waals surface area contributed by atoms with Gasteiger partial charge in [0, 0.05) is 13.5 Å². The Kier molecular flexibility index (Phi) is 3.93. The standard InChI is InChI=1S/C12H21N3O/c1-15-12(13-9-14-15)8-11(16)7-6-10-4-2-3-5-10/h9-11,16H,2-8H2,1H3. The van der Waals surface area contributed by atoms with Gasteiger partial charge < -0.3 is 5.11 Å². The molecule has 4 heteroatoms. The second kappa shape index (κ2) is 5.43. The van der Waals surface area contributed by atoms with Gasteiger partial charge in [0.05, 0.1) is 6.10 Å². The third-order valence-electron chi connectivity index (χ3n) is 3.61. The summed E-state index contributed by atoms with van der Waals surface area (Å²) in [6, 6.07) is 0. The molecule has 1 atom stereocenters. The highest BCUT2D eigenvalue weighted by Crippen LogP contribution is 2.29. The van der Waals surface area contributed by atoms with Crippen molar-refractivity contribution in [2.75, 3.05) is 0 Å². The quantitative estimate of drug-likeness (QED) is 0.826. The molecule has 0 amide bonds. The van der Waals surface area contributed by atoms with E-state index in [1.807, 2.05) is 7.05 Å². The van der Waals surface area contributed by atoms with Crippen LogP contribution in [0.3, 0.4) is 0 Å². The lowest BCUT2D eigenvalue weighted by atomic mass is 9.98. The molecule has 1 saturated carbocycles. The van der Waals surface area contributed by atoms with Gasteiger partial charge in [-0.15, -0.1) is 0 Å². The Morgan fingerprint density at radius 1 is 1.50 bits per heavy atom. The van der Waals surface area contributed by atoms with Crippen LogP contribution in [0.15, 0.2) is 6.33 Å². The Morgan fingerprint density at radius 2 is 2.25 bits per heavy atom. The smallest absolute Gasteiger partial charge is 0.138 e. The first-order chi connectivity index (χ1) is 7.75. The fraction of sp³-hybridized carbons (Fsp3) is 0.833. The van der Waals surface area contributed by atoms with Gasteiger partial charge >= 0.3 is 0 Å². The lowest BCUT2D eigenvalue weighted by Crippen LogP contribution is -2.15. The van der Waals surface area contributed by atoms with Crippen molar-refractivity contribution in [2.45, 2.75) is 51.0 Å². The van der Waals surface area contributed by atoms with Crippen LogP contribution < -0.4 is 0 Å². The van der Waals surface area contributed by atoms with Gasteiger partial charge in [-0.25, -0.2) is 4.98 Å². The minimum atomic E-state index is -0.261. The van der Waals surface area contributed by atoms with E-state index >= 15 is 0 Å². The van der Waals surface area contributed by atoms with E-state index in [-0.39, 0.29) is 6.10 Å². The van der Waals surface area contributed by atoms with E-state index in [0.717, 1.165) is 18.2 Å². The van der Waals surface area contributed by atoms with Crippen molar-refractivity contribution in [3.05, 3.63) is 12.2 Å². The van der Waals surface area contributed by atoms with Gasteiger partial charge in [-0.3, -0.25) is 4.68 Å². The van der Waals surface area contributed by atoms with E-state index in [9.17, 15) is 5.11 Å². The highest BCUT2D eigenvalue weighted by molar-refractivity contribution is 4.86. The van der Waals surface area contributed by atoms with Crippen molar-refractivity contribution >= 4 is 0 Å². The fourth-order valence-electron chi connectivity index (χ4n) is 2.54. The molecule has 4 nitrogen and oxygen atoms in total. The van der Waals surface area contributed by atoms with Gasteiger partial charge in [0.25, 0.3) is 0 Å². The minimum Gasteiger partial charge on any atom is -0.393 e. The van der Waals surface area contributed by atoms with Gasteiger partial charge in [-0.2, -0.15) is 5.10 Å². The summed E-state index contributed by atoms with van der Waals surface area (Å²) in [5.41, 5.74) is 0.